The highest BCUT2D eigenvalue weighted by Gasteiger charge is 2.19. The zero-order valence-corrected chi connectivity index (χ0v) is 14.3. The molecule has 0 aromatic heterocycles. The van der Waals surface area contributed by atoms with Gasteiger partial charge in [0, 0.05) is 5.56 Å². The number of hydrogen-bond donors (Lipinski definition) is 2. The highest BCUT2D eigenvalue weighted by molar-refractivity contribution is 5.96. The number of nitrogens with zero attached hydrogens (tertiary/aromatic N) is 1. The monoisotopic (exact) mass is 344 g/mol. The molecule has 0 fully saturated rings. The average Bonchev–Trinajstić information content (AvgIpc) is 2.61. The van der Waals surface area contributed by atoms with Crippen molar-refractivity contribution in [3.05, 3.63) is 71.3 Å². The van der Waals surface area contributed by atoms with E-state index in [4.69, 9.17) is 5.26 Å². The number of benzene rings is 2. The number of carbonyl (C=O) groups excluding carboxylic acids is 1. The number of hydrogen-bond acceptors (Lipinski definition) is 3. The van der Waals surface area contributed by atoms with E-state index in [2.05, 4.69) is 0 Å². The van der Waals surface area contributed by atoms with Gasteiger partial charge < -0.3 is 22.8 Å². The lowest BCUT2D eigenvalue weighted by Crippen LogP contribution is -3.00. The van der Waals surface area contributed by atoms with E-state index in [9.17, 15) is 9.90 Å². The predicted octanol–water partition coefficient (Wildman–Crippen LogP) is -1.18. The van der Waals surface area contributed by atoms with E-state index >= 15 is 0 Å². The van der Waals surface area contributed by atoms with Gasteiger partial charge in [-0.25, -0.2) is 0 Å². The van der Waals surface area contributed by atoms with Crippen LogP contribution in [0.5, 0.6) is 0 Å². The summed E-state index contributed by atoms with van der Waals surface area (Å²) in [6.07, 6.45) is -0.186. The summed E-state index contributed by atoms with van der Waals surface area (Å²) in [5, 5.41) is 21.1. The minimum absolute atomic E-state index is 0. The van der Waals surface area contributed by atoms with Crippen molar-refractivity contribution in [2.75, 3.05) is 6.54 Å². The Bertz CT molecular complexity index is 698. The van der Waals surface area contributed by atoms with Gasteiger partial charge in [0.1, 0.15) is 12.1 Å². The zero-order valence-electron chi connectivity index (χ0n) is 13.5. The van der Waals surface area contributed by atoms with Gasteiger partial charge in [0.15, 0.2) is 5.78 Å². The lowest BCUT2D eigenvalue weighted by molar-refractivity contribution is -0.693. The molecule has 24 heavy (non-hydrogen) atoms. The number of halogens is 1. The van der Waals surface area contributed by atoms with E-state index in [-0.39, 0.29) is 24.2 Å². The molecule has 0 aliphatic heterocycles. The van der Waals surface area contributed by atoms with E-state index in [0.717, 1.165) is 5.56 Å². The van der Waals surface area contributed by atoms with Crippen LogP contribution in [0.3, 0.4) is 0 Å². The van der Waals surface area contributed by atoms with Crippen LogP contribution in [0.2, 0.25) is 0 Å². The fraction of sp³-hybridized carbons (Fsp3) is 0.263. The van der Waals surface area contributed by atoms with Crippen molar-refractivity contribution in [3.8, 4) is 6.07 Å². The number of nitrogens with two attached hydrogens (primary N) is 1. The molecule has 0 aliphatic rings. The van der Waals surface area contributed by atoms with Crippen LogP contribution in [0.4, 0.5) is 0 Å². The molecular formula is C19H21ClN2O2. The molecule has 2 aromatic rings. The predicted molar refractivity (Wildman–Crippen MR) is 87.8 cm³/mol. The Morgan fingerprint density at radius 3 is 2.58 bits per heavy atom. The van der Waals surface area contributed by atoms with Crippen molar-refractivity contribution < 1.29 is 27.6 Å². The molecule has 0 amide bonds. The van der Waals surface area contributed by atoms with Crippen LogP contribution in [0.1, 0.15) is 40.9 Å². The number of Topliss-reactive ketones (excluding diaryl/α,β-unsaturated/α-hetero) is 1. The van der Waals surface area contributed by atoms with Crippen LogP contribution in [-0.4, -0.2) is 23.5 Å². The first kappa shape index (κ1) is 19.9. The number of nitriles is 1. The zero-order chi connectivity index (χ0) is 16.7. The fourth-order valence-corrected chi connectivity index (χ4v) is 2.47. The molecule has 3 N–H and O–H groups in total. The molecule has 0 saturated heterocycles. The molecule has 0 radical (unpaired) electrons. The topological polar surface area (TPSA) is 77.7 Å². The second kappa shape index (κ2) is 9.84. The Balaban J connectivity index is 0.00000288. The number of rotatable bonds is 7. The molecule has 2 rings (SSSR count). The minimum atomic E-state index is -0.562. The number of aliphatic hydroxyl groups excluding tert-OH is 1. The first-order valence-corrected chi connectivity index (χ1v) is 7.71. The summed E-state index contributed by atoms with van der Waals surface area (Å²) in [5.74, 6) is 0.0137. The molecular weight excluding hydrogens is 324 g/mol. The smallest absolute Gasteiger partial charge is 0.168 e. The molecule has 0 aliphatic carbocycles. The van der Waals surface area contributed by atoms with Gasteiger partial charge in [-0.15, -0.1) is 0 Å². The molecule has 126 valence electrons. The highest BCUT2D eigenvalue weighted by atomic mass is 35.5. The maximum Gasteiger partial charge on any atom is 0.168 e. The van der Waals surface area contributed by atoms with Crippen LogP contribution in [-0.2, 0) is 0 Å². The third-order valence-corrected chi connectivity index (χ3v) is 3.86. The lowest BCUT2D eigenvalue weighted by atomic mass is 10.0. The highest BCUT2D eigenvalue weighted by Crippen LogP contribution is 2.13. The van der Waals surface area contributed by atoms with E-state index in [1.54, 1.807) is 24.3 Å². The van der Waals surface area contributed by atoms with Gasteiger partial charge in [0.2, 0.25) is 0 Å². The summed E-state index contributed by atoms with van der Waals surface area (Å²) in [7, 11) is 0. The summed E-state index contributed by atoms with van der Waals surface area (Å²) in [4.78, 5) is 12.1. The van der Waals surface area contributed by atoms with Crippen LogP contribution in [0, 0.1) is 11.3 Å². The fourth-order valence-electron chi connectivity index (χ4n) is 2.47. The SMILES string of the molecule is CC([NH2+]CCC(=O)c1cccc(C#N)c1)C(O)c1ccccc1.[Cl-]. The van der Waals surface area contributed by atoms with Crippen LogP contribution < -0.4 is 17.7 Å². The Morgan fingerprint density at radius 1 is 1.21 bits per heavy atom. The third-order valence-electron chi connectivity index (χ3n) is 3.86. The first-order valence-electron chi connectivity index (χ1n) is 7.71. The van der Waals surface area contributed by atoms with E-state index in [1.165, 1.54) is 0 Å². The van der Waals surface area contributed by atoms with Crippen molar-refractivity contribution in [1.29, 1.82) is 5.26 Å². The van der Waals surface area contributed by atoms with Crippen LogP contribution >= 0.6 is 0 Å². The summed E-state index contributed by atoms with van der Waals surface area (Å²) < 4.78 is 0. The normalized spacial score (nSPS) is 12.5. The number of ketones is 1. The second-order valence-corrected chi connectivity index (χ2v) is 5.60. The maximum absolute atomic E-state index is 12.1. The molecule has 2 atom stereocenters. The van der Waals surface area contributed by atoms with Gasteiger partial charge in [-0.3, -0.25) is 4.79 Å². The lowest BCUT2D eigenvalue weighted by Gasteiger charge is -2.17. The van der Waals surface area contributed by atoms with Crippen molar-refractivity contribution in [1.82, 2.24) is 0 Å². The third kappa shape index (κ3) is 5.47. The van der Waals surface area contributed by atoms with Crippen molar-refractivity contribution in [2.24, 2.45) is 0 Å². The van der Waals surface area contributed by atoms with E-state index in [1.807, 2.05) is 48.6 Å². The maximum atomic E-state index is 12.1. The summed E-state index contributed by atoms with van der Waals surface area (Å²) in [5.41, 5.74) is 1.94. The Morgan fingerprint density at radius 2 is 1.92 bits per heavy atom. The van der Waals surface area contributed by atoms with Gasteiger partial charge in [-0.05, 0) is 24.6 Å². The molecule has 2 aromatic carbocycles. The average molecular weight is 345 g/mol. The van der Waals surface area contributed by atoms with Crippen LogP contribution in [0.25, 0.3) is 0 Å². The number of quaternary nitrogens is 1. The molecule has 2 unspecified atom stereocenters. The standard InChI is InChI=1S/C19H20N2O2.ClH/c1-14(19(23)16-7-3-2-4-8-16)21-11-10-18(22)17-9-5-6-15(12-17)13-20;/h2-9,12,14,19,21,23H,10-11H2,1H3;1H. The van der Waals surface area contributed by atoms with Crippen molar-refractivity contribution in [3.63, 3.8) is 0 Å². The van der Waals surface area contributed by atoms with Crippen molar-refractivity contribution in [2.45, 2.75) is 25.5 Å². The summed E-state index contributed by atoms with van der Waals surface area (Å²) in [6, 6.07) is 18.3. The van der Waals surface area contributed by atoms with Crippen molar-refractivity contribution >= 4 is 5.78 Å². The quantitative estimate of drug-likeness (QED) is 0.621. The van der Waals surface area contributed by atoms with Gasteiger partial charge in [0.25, 0.3) is 0 Å². The molecule has 0 saturated carbocycles. The van der Waals surface area contributed by atoms with Gasteiger partial charge in [-0.1, -0.05) is 42.5 Å². The Hall–Kier alpha value is -2.19. The molecule has 5 heteroatoms. The summed E-state index contributed by atoms with van der Waals surface area (Å²) in [6.45, 7) is 2.54. The molecule has 0 heterocycles. The van der Waals surface area contributed by atoms with Gasteiger partial charge in [-0.2, -0.15) is 5.26 Å². The molecule has 4 nitrogen and oxygen atoms in total. The van der Waals surface area contributed by atoms with E-state index in [0.29, 0.717) is 24.1 Å². The Kier molecular flexibility index (Phi) is 8.14. The number of aliphatic hydroxyl groups is 1. The summed E-state index contributed by atoms with van der Waals surface area (Å²) >= 11 is 0. The van der Waals surface area contributed by atoms with E-state index < -0.39 is 6.10 Å². The second-order valence-electron chi connectivity index (χ2n) is 5.60. The van der Waals surface area contributed by atoms with Crippen LogP contribution in [0.15, 0.2) is 54.6 Å². The first-order chi connectivity index (χ1) is 11.1. The van der Waals surface area contributed by atoms with Gasteiger partial charge in [0.05, 0.1) is 24.6 Å². The Labute approximate surface area is 148 Å². The largest absolute Gasteiger partial charge is 1.00 e. The van der Waals surface area contributed by atoms with Gasteiger partial charge >= 0.3 is 0 Å². The molecule has 0 bridgehead atoms. The molecule has 0 spiro atoms. The number of carbonyl (C=O) groups is 1. The minimum Gasteiger partial charge on any atom is -1.00 e.